The summed E-state index contributed by atoms with van der Waals surface area (Å²) in [4.78, 5) is 4.27. The molecule has 1 aromatic carbocycles. The summed E-state index contributed by atoms with van der Waals surface area (Å²) in [6.07, 6.45) is 0. The van der Waals surface area contributed by atoms with E-state index in [1.54, 1.807) is 0 Å². The van der Waals surface area contributed by atoms with Gasteiger partial charge >= 0.3 is 0 Å². The molecular weight excluding hydrogens is 268 g/mol. The molecule has 0 saturated carbocycles. The molecule has 0 aliphatic rings. The Balaban J connectivity index is 1.80. The minimum absolute atomic E-state index is 0.519. The van der Waals surface area contributed by atoms with Gasteiger partial charge in [0.25, 0.3) is 5.19 Å². The van der Waals surface area contributed by atoms with Crippen LogP contribution in [0.5, 0.6) is 5.19 Å². The maximum Gasteiger partial charge on any atom is 0.294 e. The van der Waals surface area contributed by atoms with Gasteiger partial charge in [-0.25, -0.2) is 0 Å². The highest BCUT2D eigenvalue weighted by molar-refractivity contribution is 7.99. The van der Waals surface area contributed by atoms with Crippen molar-refractivity contribution in [2.75, 3.05) is 12.5 Å². The number of hydrogen-bond acceptors (Lipinski definition) is 6. The fourth-order valence-electron chi connectivity index (χ4n) is 1.21. The summed E-state index contributed by atoms with van der Waals surface area (Å²) in [6, 6.07) is 10.00. The van der Waals surface area contributed by atoms with Gasteiger partial charge in [0.1, 0.15) is 6.61 Å². The van der Waals surface area contributed by atoms with Gasteiger partial charge in [-0.1, -0.05) is 42.1 Å². The summed E-state index contributed by atoms with van der Waals surface area (Å²) in [7, 11) is 0. The number of hydrogen-bond donors (Lipinski definition) is 0. The molecule has 0 fully saturated rings. The van der Waals surface area contributed by atoms with Crippen molar-refractivity contribution in [2.24, 2.45) is 0 Å². The van der Waals surface area contributed by atoms with Crippen molar-refractivity contribution in [3.63, 3.8) is 0 Å². The smallest absolute Gasteiger partial charge is 0.294 e. The molecule has 6 heteroatoms. The number of ether oxygens (including phenoxy) is 2. The number of benzene rings is 1. The first kappa shape index (κ1) is 13.3. The van der Waals surface area contributed by atoms with Crippen LogP contribution in [0.2, 0.25) is 0 Å². The van der Waals surface area contributed by atoms with Crippen LogP contribution in [0.4, 0.5) is 0 Å². The van der Waals surface area contributed by atoms with Crippen molar-refractivity contribution < 1.29 is 9.47 Å². The van der Waals surface area contributed by atoms with Crippen LogP contribution in [0, 0.1) is 0 Å². The summed E-state index contributed by atoms with van der Waals surface area (Å²) >= 11 is 2.74. The molecule has 1 aromatic heterocycles. The number of aromatic nitrogens is 2. The van der Waals surface area contributed by atoms with Crippen molar-refractivity contribution in [3.05, 3.63) is 35.9 Å². The normalized spacial score (nSPS) is 10.5. The van der Waals surface area contributed by atoms with Crippen molar-refractivity contribution in [3.8, 4) is 5.19 Å². The molecule has 1 heterocycles. The van der Waals surface area contributed by atoms with Crippen molar-refractivity contribution in [1.29, 1.82) is 0 Å². The standard InChI is InChI=1S/C12H14N2O2S2/c1-2-15-9-17-11-13-12(18-14-11)16-8-10-6-4-3-5-7-10/h3-7H,2,8-9H2,1H3. The first-order valence-electron chi connectivity index (χ1n) is 5.59. The molecule has 0 aliphatic heterocycles. The lowest BCUT2D eigenvalue weighted by atomic mass is 10.2. The first-order chi connectivity index (χ1) is 8.88. The van der Waals surface area contributed by atoms with Crippen LogP contribution in [-0.4, -0.2) is 21.9 Å². The third kappa shape index (κ3) is 4.29. The van der Waals surface area contributed by atoms with Gasteiger partial charge in [0.05, 0.1) is 5.94 Å². The van der Waals surface area contributed by atoms with Crippen molar-refractivity contribution in [1.82, 2.24) is 9.36 Å². The van der Waals surface area contributed by atoms with Crippen LogP contribution in [0.1, 0.15) is 12.5 Å². The predicted octanol–water partition coefficient (Wildman–Crippen LogP) is 3.20. The molecule has 0 atom stereocenters. The summed E-state index contributed by atoms with van der Waals surface area (Å²) in [5.74, 6) is 0.575. The maximum absolute atomic E-state index is 5.57. The van der Waals surface area contributed by atoms with Crippen molar-refractivity contribution in [2.45, 2.75) is 18.7 Å². The monoisotopic (exact) mass is 282 g/mol. The van der Waals surface area contributed by atoms with Gasteiger partial charge in [-0.3, -0.25) is 0 Å². The molecule has 0 amide bonds. The van der Waals surface area contributed by atoms with Gasteiger partial charge in [-0.05, 0) is 12.5 Å². The summed E-state index contributed by atoms with van der Waals surface area (Å²) in [6.45, 7) is 3.18. The van der Waals surface area contributed by atoms with E-state index in [1.165, 1.54) is 23.3 Å². The van der Waals surface area contributed by atoms with E-state index in [4.69, 9.17) is 9.47 Å². The van der Waals surface area contributed by atoms with Crippen LogP contribution in [0.25, 0.3) is 0 Å². The lowest BCUT2D eigenvalue weighted by Crippen LogP contribution is -1.94. The molecule has 2 rings (SSSR count). The van der Waals surface area contributed by atoms with Gasteiger partial charge < -0.3 is 9.47 Å². The van der Waals surface area contributed by atoms with E-state index in [0.717, 1.165) is 5.56 Å². The number of rotatable bonds is 7. The average molecular weight is 282 g/mol. The summed E-state index contributed by atoms with van der Waals surface area (Å²) in [5, 5.41) is 1.30. The van der Waals surface area contributed by atoms with E-state index in [-0.39, 0.29) is 0 Å². The van der Waals surface area contributed by atoms with Gasteiger partial charge in [-0.2, -0.15) is 9.36 Å². The number of thioether (sulfide) groups is 1. The van der Waals surface area contributed by atoms with Gasteiger partial charge in [0, 0.05) is 18.1 Å². The zero-order valence-corrected chi connectivity index (χ0v) is 11.7. The highest BCUT2D eigenvalue weighted by Gasteiger charge is 2.05. The van der Waals surface area contributed by atoms with Gasteiger partial charge in [-0.15, -0.1) is 0 Å². The molecule has 0 saturated heterocycles. The molecule has 2 aromatic rings. The molecule has 0 bridgehead atoms. The molecule has 0 aliphatic carbocycles. The Morgan fingerprint density at radius 2 is 2.11 bits per heavy atom. The van der Waals surface area contributed by atoms with Crippen LogP contribution >= 0.6 is 23.3 Å². The molecule has 0 unspecified atom stereocenters. The summed E-state index contributed by atoms with van der Waals surface area (Å²) in [5.41, 5.74) is 1.12. The lowest BCUT2D eigenvalue weighted by Gasteiger charge is -2.00. The fraction of sp³-hybridized carbons (Fsp3) is 0.333. The van der Waals surface area contributed by atoms with E-state index >= 15 is 0 Å². The zero-order valence-electron chi connectivity index (χ0n) is 10.0. The van der Waals surface area contributed by atoms with Crippen LogP contribution in [0.3, 0.4) is 0 Å². The second kappa shape index (κ2) is 7.35. The summed E-state index contributed by atoms with van der Waals surface area (Å²) < 4.78 is 15.0. The predicted molar refractivity (Wildman–Crippen MR) is 73.0 cm³/mol. The van der Waals surface area contributed by atoms with E-state index in [1.807, 2.05) is 37.3 Å². The Bertz CT molecular complexity index is 462. The molecule has 18 heavy (non-hydrogen) atoms. The highest BCUT2D eigenvalue weighted by Crippen LogP contribution is 2.22. The van der Waals surface area contributed by atoms with E-state index < -0.39 is 0 Å². The third-order valence-electron chi connectivity index (χ3n) is 2.07. The molecule has 0 spiro atoms. The average Bonchev–Trinajstić information content (AvgIpc) is 2.86. The van der Waals surface area contributed by atoms with Crippen LogP contribution in [0.15, 0.2) is 35.5 Å². The Kier molecular flexibility index (Phi) is 5.44. The molecule has 4 nitrogen and oxygen atoms in total. The van der Waals surface area contributed by atoms with E-state index in [0.29, 0.717) is 29.5 Å². The number of nitrogens with zero attached hydrogens (tertiary/aromatic N) is 2. The Hall–Kier alpha value is -1.11. The molecule has 96 valence electrons. The van der Waals surface area contributed by atoms with Gasteiger partial charge in [0.2, 0.25) is 5.16 Å². The topological polar surface area (TPSA) is 44.2 Å². The van der Waals surface area contributed by atoms with E-state index in [9.17, 15) is 0 Å². The van der Waals surface area contributed by atoms with Crippen molar-refractivity contribution >= 4 is 23.3 Å². The lowest BCUT2D eigenvalue weighted by molar-refractivity contribution is 0.199. The Morgan fingerprint density at radius 1 is 1.28 bits per heavy atom. The Labute approximate surface area is 115 Å². The molecule has 0 radical (unpaired) electrons. The van der Waals surface area contributed by atoms with Gasteiger partial charge in [0.15, 0.2) is 0 Å². The van der Waals surface area contributed by atoms with E-state index in [2.05, 4.69) is 9.36 Å². The largest absolute Gasteiger partial charge is 0.464 e. The third-order valence-corrected chi connectivity index (χ3v) is 3.54. The fourth-order valence-corrected chi connectivity index (χ4v) is 2.53. The van der Waals surface area contributed by atoms with Crippen LogP contribution in [-0.2, 0) is 11.3 Å². The second-order valence-electron chi connectivity index (χ2n) is 3.37. The zero-order chi connectivity index (χ0) is 12.6. The minimum atomic E-state index is 0.519. The highest BCUT2D eigenvalue weighted by atomic mass is 32.2. The van der Waals surface area contributed by atoms with Crippen LogP contribution < -0.4 is 4.74 Å². The second-order valence-corrected chi connectivity index (χ2v) is 4.98. The minimum Gasteiger partial charge on any atom is -0.464 e. The first-order valence-corrected chi connectivity index (χ1v) is 7.35. The molecular formula is C12H14N2O2S2. The molecule has 0 N–H and O–H groups in total. The Morgan fingerprint density at radius 3 is 2.89 bits per heavy atom. The quantitative estimate of drug-likeness (QED) is 0.443. The maximum atomic E-state index is 5.57. The SMILES string of the molecule is CCOCSc1nsc(OCc2ccccc2)n1.